The molecule has 1 unspecified atom stereocenters. The first-order valence-corrected chi connectivity index (χ1v) is 8.22. The van der Waals surface area contributed by atoms with Crippen LogP contribution in [0.2, 0.25) is 0 Å². The van der Waals surface area contributed by atoms with Gasteiger partial charge in [0.25, 0.3) is 0 Å². The lowest BCUT2D eigenvalue weighted by molar-refractivity contribution is 0.0289. The Bertz CT molecular complexity index is 502. The number of likely N-dealkylation sites (tertiary alicyclic amines) is 1. The Labute approximate surface area is 130 Å². The number of rotatable bonds is 3. The molecule has 1 atom stereocenters. The second-order valence-electron chi connectivity index (χ2n) is 6.37. The predicted octanol–water partition coefficient (Wildman–Crippen LogP) is 3.13. The number of hydrogen-bond donors (Lipinski definition) is 0. The molecule has 0 aromatic carbocycles. The van der Waals surface area contributed by atoms with Crippen LogP contribution < -0.4 is 0 Å². The lowest BCUT2D eigenvalue weighted by Crippen LogP contribution is -2.35. The van der Waals surface area contributed by atoms with E-state index in [4.69, 9.17) is 4.74 Å². The van der Waals surface area contributed by atoms with Crippen LogP contribution in [0.25, 0.3) is 0 Å². The van der Waals surface area contributed by atoms with Gasteiger partial charge in [-0.2, -0.15) is 0 Å². The van der Waals surface area contributed by atoms with Crippen LogP contribution in [0.4, 0.5) is 4.79 Å². The Morgan fingerprint density at radius 2 is 2.29 bits per heavy atom. The number of amides is 1. The summed E-state index contributed by atoms with van der Waals surface area (Å²) in [5.41, 5.74) is 0.550. The number of thioether (sulfide) groups is 1. The molecule has 1 amide bonds. The Morgan fingerprint density at radius 1 is 1.52 bits per heavy atom. The zero-order valence-corrected chi connectivity index (χ0v) is 13.9. The molecule has 1 aromatic heterocycles. The summed E-state index contributed by atoms with van der Waals surface area (Å²) in [4.78, 5) is 22.4. The number of carbonyl (C=O) groups excluding carboxylic acids is 1. The summed E-state index contributed by atoms with van der Waals surface area (Å²) in [6.45, 7) is 9.17. The monoisotopic (exact) mass is 309 g/mol. The van der Waals surface area contributed by atoms with Crippen LogP contribution >= 0.6 is 11.8 Å². The molecule has 2 heterocycles. The van der Waals surface area contributed by atoms with E-state index in [1.165, 1.54) is 0 Å². The third-order valence-corrected chi connectivity index (χ3v) is 4.25. The fourth-order valence-corrected chi connectivity index (χ4v) is 3.15. The van der Waals surface area contributed by atoms with Gasteiger partial charge in [-0.15, -0.1) is 0 Å². The van der Waals surface area contributed by atoms with Gasteiger partial charge in [0.15, 0.2) is 5.16 Å². The van der Waals surface area contributed by atoms with E-state index in [0.717, 1.165) is 36.1 Å². The maximum Gasteiger partial charge on any atom is 0.410 e. The van der Waals surface area contributed by atoms with Crippen molar-refractivity contribution >= 4 is 17.9 Å². The first-order chi connectivity index (χ1) is 9.83. The highest BCUT2D eigenvalue weighted by Crippen LogP contribution is 2.25. The average molecular weight is 309 g/mol. The van der Waals surface area contributed by atoms with Crippen molar-refractivity contribution in [1.82, 2.24) is 14.9 Å². The molecule has 0 radical (unpaired) electrons. The summed E-state index contributed by atoms with van der Waals surface area (Å²) in [5, 5.41) is 0.811. The highest BCUT2D eigenvalue weighted by atomic mass is 32.2. The Kier molecular flexibility index (Phi) is 5.08. The molecule has 5 nitrogen and oxygen atoms in total. The van der Waals surface area contributed by atoms with Gasteiger partial charge in [0.2, 0.25) is 0 Å². The summed E-state index contributed by atoms with van der Waals surface area (Å²) < 4.78 is 5.40. The molecule has 0 aliphatic carbocycles. The zero-order valence-electron chi connectivity index (χ0n) is 13.1. The second-order valence-corrected chi connectivity index (χ2v) is 7.36. The van der Waals surface area contributed by atoms with Crippen molar-refractivity contribution in [2.45, 2.75) is 44.9 Å². The average Bonchev–Trinajstić information content (AvgIpc) is 2.83. The van der Waals surface area contributed by atoms with Crippen molar-refractivity contribution < 1.29 is 9.53 Å². The predicted molar refractivity (Wildman–Crippen MR) is 83.4 cm³/mol. The Hall–Kier alpha value is -1.30. The van der Waals surface area contributed by atoms with E-state index in [2.05, 4.69) is 9.97 Å². The number of aromatic nitrogens is 2. The topological polar surface area (TPSA) is 55.3 Å². The standard InChI is InChI=1S/C15H23N3O2S/c1-11-5-7-16-13(17-11)21-10-12-6-8-18(9-12)14(19)20-15(2,3)4/h5,7,12H,6,8-10H2,1-4H3. The van der Waals surface area contributed by atoms with Crippen molar-refractivity contribution in [2.75, 3.05) is 18.8 Å². The lowest BCUT2D eigenvalue weighted by atomic mass is 10.2. The number of carbonyl (C=O) groups is 1. The van der Waals surface area contributed by atoms with Crippen LogP contribution in [-0.2, 0) is 4.74 Å². The molecule has 1 aliphatic heterocycles. The van der Waals surface area contributed by atoms with Crippen LogP contribution in [0.1, 0.15) is 32.9 Å². The third-order valence-electron chi connectivity index (χ3n) is 3.16. The number of ether oxygens (including phenoxy) is 1. The number of hydrogen-bond acceptors (Lipinski definition) is 5. The van der Waals surface area contributed by atoms with Gasteiger partial charge in [0.1, 0.15) is 5.60 Å². The third kappa shape index (κ3) is 5.19. The summed E-state index contributed by atoms with van der Waals surface area (Å²) in [6, 6.07) is 1.89. The summed E-state index contributed by atoms with van der Waals surface area (Å²) in [6.07, 6.45) is 2.59. The highest BCUT2D eigenvalue weighted by molar-refractivity contribution is 7.99. The number of nitrogens with zero attached hydrogens (tertiary/aromatic N) is 3. The van der Waals surface area contributed by atoms with E-state index < -0.39 is 5.60 Å². The molecule has 0 saturated carbocycles. The maximum absolute atomic E-state index is 12.0. The van der Waals surface area contributed by atoms with E-state index in [-0.39, 0.29) is 6.09 Å². The van der Waals surface area contributed by atoms with E-state index in [1.807, 2.05) is 33.8 Å². The lowest BCUT2D eigenvalue weighted by Gasteiger charge is -2.24. The quantitative estimate of drug-likeness (QED) is 0.634. The molecule has 0 spiro atoms. The molecule has 0 N–H and O–H groups in total. The molecule has 1 aliphatic rings. The van der Waals surface area contributed by atoms with E-state index >= 15 is 0 Å². The molecule has 0 bridgehead atoms. The van der Waals surface area contributed by atoms with Crippen molar-refractivity contribution in [3.8, 4) is 0 Å². The maximum atomic E-state index is 12.0. The fourth-order valence-electron chi connectivity index (χ4n) is 2.15. The smallest absolute Gasteiger partial charge is 0.410 e. The van der Waals surface area contributed by atoms with Gasteiger partial charge in [0, 0.05) is 30.7 Å². The van der Waals surface area contributed by atoms with Crippen molar-refractivity contribution in [3.63, 3.8) is 0 Å². The minimum absolute atomic E-state index is 0.207. The van der Waals surface area contributed by atoms with Gasteiger partial charge < -0.3 is 9.64 Å². The molecule has 1 aromatic rings. The highest BCUT2D eigenvalue weighted by Gasteiger charge is 2.29. The van der Waals surface area contributed by atoms with Gasteiger partial charge in [-0.1, -0.05) is 11.8 Å². The SMILES string of the molecule is Cc1ccnc(SCC2CCN(C(=O)OC(C)(C)C)C2)n1. The summed E-state index contributed by atoms with van der Waals surface area (Å²) in [7, 11) is 0. The minimum atomic E-state index is -0.431. The van der Waals surface area contributed by atoms with E-state index in [1.54, 1.807) is 22.9 Å². The van der Waals surface area contributed by atoms with Gasteiger partial charge >= 0.3 is 6.09 Å². The van der Waals surface area contributed by atoms with Crippen molar-refractivity contribution in [3.05, 3.63) is 18.0 Å². The Morgan fingerprint density at radius 3 is 2.95 bits per heavy atom. The van der Waals surface area contributed by atoms with Crippen molar-refractivity contribution in [2.24, 2.45) is 5.92 Å². The van der Waals surface area contributed by atoms with Crippen LogP contribution in [-0.4, -0.2) is 45.4 Å². The molecule has 6 heteroatoms. The first kappa shape index (κ1) is 16.1. The molecule has 1 fully saturated rings. The molecular weight excluding hydrogens is 286 g/mol. The van der Waals surface area contributed by atoms with E-state index in [9.17, 15) is 4.79 Å². The van der Waals surface area contributed by atoms with Crippen LogP contribution in [0, 0.1) is 12.8 Å². The summed E-state index contributed by atoms with van der Waals surface area (Å²) >= 11 is 1.66. The van der Waals surface area contributed by atoms with Crippen LogP contribution in [0.15, 0.2) is 17.4 Å². The molecule has 2 rings (SSSR count). The largest absolute Gasteiger partial charge is 0.444 e. The zero-order chi connectivity index (χ0) is 15.5. The molecule has 1 saturated heterocycles. The molecular formula is C15H23N3O2S. The Balaban J connectivity index is 1.79. The second kappa shape index (κ2) is 6.64. The van der Waals surface area contributed by atoms with Gasteiger partial charge in [-0.05, 0) is 46.1 Å². The van der Waals surface area contributed by atoms with Crippen LogP contribution in [0.3, 0.4) is 0 Å². The van der Waals surface area contributed by atoms with Gasteiger partial charge in [-0.25, -0.2) is 14.8 Å². The summed E-state index contributed by atoms with van der Waals surface area (Å²) in [5.74, 6) is 1.41. The van der Waals surface area contributed by atoms with Gasteiger partial charge in [-0.3, -0.25) is 0 Å². The van der Waals surface area contributed by atoms with E-state index in [0.29, 0.717) is 5.92 Å². The molecule has 21 heavy (non-hydrogen) atoms. The molecule has 116 valence electrons. The van der Waals surface area contributed by atoms with Gasteiger partial charge in [0.05, 0.1) is 0 Å². The fraction of sp³-hybridized carbons (Fsp3) is 0.667. The van der Waals surface area contributed by atoms with Crippen molar-refractivity contribution in [1.29, 1.82) is 0 Å². The number of aryl methyl sites for hydroxylation is 1. The first-order valence-electron chi connectivity index (χ1n) is 7.24. The normalized spacial score (nSPS) is 18.9. The minimum Gasteiger partial charge on any atom is -0.444 e. The van der Waals surface area contributed by atoms with Crippen LogP contribution in [0.5, 0.6) is 0 Å².